The van der Waals surface area contributed by atoms with Gasteiger partial charge in [-0.15, -0.1) is 11.8 Å². The van der Waals surface area contributed by atoms with Crippen molar-refractivity contribution in [2.45, 2.75) is 24.3 Å². The van der Waals surface area contributed by atoms with Crippen molar-refractivity contribution in [3.63, 3.8) is 0 Å². The summed E-state index contributed by atoms with van der Waals surface area (Å²) in [5, 5.41) is 9.39. The van der Waals surface area contributed by atoms with Crippen molar-refractivity contribution in [3.05, 3.63) is 78.0 Å². The van der Waals surface area contributed by atoms with Crippen molar-refractivity contribution < 1.29 is 28.9 Å². The molecule has 1 heterocycles. The van der Waals surface area contributed by atoms with E-state index in [2.05, 4.69) is 4.98 Å². The molecule has 7 nitrogen and oxygen atoms in total. The number of hydrogen-bond acceptors (Lipinski definition) is 7. The molecule has 0 amide bonds. The third-order valence-electron chi connectivity index (χ3n) is 4.66. The highest BCUT2D eigenvalue weighted by atomic mass is 32.2. The summed E-state index contributed by atoms with van der Waals surface area (Å²) in [6.07, 6.45) is 1.43. The summed E-state index contributed by atoms with van der Waals surface area (Å²) >= 11 is 1.68. The SMILES string of the molecule is COc1ccc(C(=O)c2ccc(OCCSc3ccccc3)nc2)c(OC(C)(C)C(=O)O)c1. The summed E-state index contributed by atoms with van der Waals surface area (Å²) in [4.78, 5) is 30.0. The van der Waals surface area contributed by atoms with Gasteiger partial charge in [-0.25, -0.2) is 9.78 Å². The van der Waals surface area contributed by atoms with Crippen LogP contribution in [0, 0.1) is 0 Å². The molecule has 0 radical (unpaired) electrons. The summed E-state index contributed by atoms with van der Waals surface area (Å²) in [5.41, 5.74) is -1.00. The van der Waals surface area contributed by atoms with Crippen molar-refractivity contribution in [1.29, 1.82) is 0 Å². The molecule has 0 saturated heterocycles. The summed E-state index contributed by atoms with van der Waals surface area (Å²) in [7, 11) is 1.48. The number of carboxylic acid groups (broad SMARTS) is 1. The molecule has 0 aliphatic heterocycles. The highest BCUT2D eigenvalue weighted by molar-refractivity contribution is 7.99. The van der Waals surface area contributed by atoms with Gasteiger partial charge in [0.25, 0.3) is 0 Å². The van der Waals surface area contributed by atoms with Gasteiger partial charge in [0.05, 0.1) is 19.3 Å². The van der Waals surface area contributed by atoms with Crippen LogP contribution in [0.4, 0.5) is 0 Å². The third-order valence-corrected chi connectivity index (χ3v) is 5.63. The number of rotatable bonds is 11. The van der Waals surface area contributed by atoms with Gasteiger partial charge < -0.3 is 19.3 Å². The smallest absolute Gasteiger partial charge is 0.347 e. The molecule has 0 aliphatic carbocycles. The summed E-state index contributed by atoms with van der Waals surface area (Å²) < 4.78 is 16.5. The largest absolute Gasteiger partial charge is 0.497 e. The van der Waals surface area contributed by atoms with Gasteiger partial charge in [-0.2, -0.15) is 0 Å². The van der Waals surface area contributed by atoms with E-state index in [1.54, 1.807) is 36.0 Å². The van der Waals surface area contributed by atoms with E-state index in [0.717, 1.165) is 5.75 Å². The summed E-state index contributed by atoms with van der Waals surface area (Å²) in [6, 6.07) is 17.9. The minimum Gasteiger partial charge on any atom is -0.497 e. The first-order chi connectivity index (χ1) is 15.8. The number of benzene rings is 2. The lowest BCUT2D eigenvalue weighted by atomic mass is 10.0. The van der Waals surface area contributed by atoms with Crippen LogP contribution >= 0.6 is 11.8 Å². The molecule has 0 fully saturated rings. The van der Waals surface area contributed by atoms with Gasteiger partial charge in [0.15, 0.2) is 11.4 Å². The van der Waals surface area contributed by atoms with Gasteiger partial charge in [-0.05, 0) is 44.2 Å². The minimum atomic E-state index is -1.53. The lowest BCUT2D eigenvalue weighted by Crippen LogP contribution is -2.38. The first kappa shape index (κ1) is 24.1. The first-order valence-electron chi connectivity index (χ1n) is 10.2. The quantitative estimate of drug-likeness (QED) is 0.246. The molecular formula is C25H25NO6S. The number of aromatic nitrogens is 1. The van der Waals surface area contributed by atoms with E-state index in [1.807, 2.05) is 30.3 Å². The molecule has 1 aromatic heterocycles. The van der Waals surface area contributed by atoms with Gasteiger partial charge in [0.2, 0.25) is 5.88 Å². The first-order valence-corrected chi connectivity index (χ1v) is 11.2. The van der Waals surface area contributed by atoms with Crippen LogP contribution in [-0.2, 0) is 4.79 Å². The van der Waals surface area contributed by atoms with E-state index in [1.165, 1.54) is 38.1 Å². The molecule has 0 bridgehead atoms. The van der Waals surface area contributed by atoms with Crippen LogP contribution in [0.1, 0.15) is 29.8 Å². The second-order valence-electron chi connectivity index (χ2n) is 7.50. The lowest BCUT2D eigenvalue weighted by Gasteiger charge is -2.23. The maximum absolute atomic E-state index is 13.1. The Balaban J connectivity index is 1.68. The van der Waals surface area contributed by atoms with Crippen LogP contribution in [0.5, 0.6) is 17.4 Å². The molecule has 0 spiro atoms. The van der Waals surface area contributed by atoms with Crippen molar-refractivity contribution in [2.24, 2.45) is 0 Å². The fourth-order valence-corrected chi connectivity index (χ4v) is 3.55. The molecule has 3 rings (SSSR count). The van der Waals surface area contributed by atoms with Crippen molar-refractivity contribution in [1.82, 2.24) is 4.98 Å². The number of hydrogen-bond donors (Lipinski definition) is 1. The van der Waals surface area contributed by atoms with Crippen molar-refractivity contribution in [2.75, 3.05) is 19.5 Å². The van der Waals surface area contributed by atoms with Crippen LogP contribution in [-0.4, -0.2) is 46.9 Å². The molecule has 8 heteroatoms. The van der Waals surface area contributed by atoms with Gasteiger partial charge in [-0.1, -0.05) is 18.2 Å². The summed E-state index contributed by atoms with van der Waals surface area (Å²) in [5.74, 6) is 0.226. The number of ketones is 1. The second kappa shape index (κ2) is 10.9. The number of ether oxygens (including phenoxy) is 3. The van der Waals surface area contributed by atoms with E-state index in [-0.39, 0.29) is 17.1 Å². The Morgan fingerprint density at radius 2 is 1.82 bits per heavy atom. The maximum atomic E-state index is 13.1. The minimum absolute atomic E-state index is 0.116. The van der Waals surface area contributed by atoms with Crippen molar-refractivity contribution >= 4 is 23.5 Å². The van der Waals surface area contributed by atoms with Gasteiger partial charge >= 0.3 is 5.97 Å². The summed E-state index contributed by atoms with van der Waals surface area (Å²) in [6.45, 7) is 3.29. The van der Waals surface area contributed by atoms with Gasteiger partial charge in [0.1, 0.15) is 11.5 Å². The van der Waals surface area contributed by atoms with Crippen LogP contribution in [0.2, 0.25) is 0 Å². The van der Waals surface area contributed by atoms with E-state index >= 15 is 0 Å². The number of carbonyl (C=O) groups excluding carboxylic acids is 1. The van der Waals surface area contributed by atoms with Crippen molar-refractivity contribution in [3.8, 4) is 17.4 Å². The van der Waals surface area contributed by atoms with E-state index in [9.17, 15) is 14.7 Å². The molecule has 0 saturated carbocycles. The Labute approximate surface area is 196 Å². The molecule has 172 valence electrons. The zero-order valence-electron chi connectivity index (χ0n) is 18.6. The number of carbonyl (C=O) groups is 2. The molecule has 0 aliphatic rings. The molecule has 33 heavy (non-hydrogen) atoms. The number of pyridine rings is 1. The zero-order valence-corrected chi connectivity index (χ0v) is 19.4. The molecule has 3 aromatic rings. The fraction of sp³-hybridized carbons (Fsp3) is 0.240. The highest BCUT2D eigenvalue weighted by Crippen LogP contribution is 2.30. The Kier molecular flexibility index (Phi) is 7.95. The Morgan fingerprint density at radius 1 is 1.06 bits per heavy atom. The average molecular weight is 468 g/mol. The zero-order chi connectivity index (χ0) is 23.8. The number of nitrogens with zero attached hydrogens (tertiary/aromatic N) is 1. The average Bonchev–Trinajstić information content (AvgIpc) is 2.82. The van der Waals surface area contributed by atoms with E-state index in [4.69, 9.17) is 14.2 Å². The number of thioether (sulfide) groups is 1. The molecule has 1 N–H and O–H groups in total. The van der Waals surface area contributed by atoms with E-state index < -0.39 is 11.6 Å². The van der Waals surface area contributed by atoms with Crippen LogP contribution in [0.15, 0.2) is 71.8 Å². The lowest BCUT2D eigenvalue weighted by molar-refractivity contribution is -0.152. The Bertz CT molecular complexity index is 1100. The normalized spacial score (nSPS) is 11.0. The third kappa shape index (κ3) is 6.49. The van der Waals surface area contributed by atoms with Gasteiger partial charge in [-0.3, -0.25) is 4.79 Å². The monoisotopic (exact) mass is 467 g/mol. The van der Waals surface area contributed by atoms with Crippen LogP contribution in [0.25, 0.3) is 0 Å². The standard InChI is InChI=1S/C25H25NO6S/c1-25(2,24(28)29)32-21-15-18(30-3)10-11-20(21)23(27)17-9-12-22(26-16-17)31-13-14-33-19-7-5-4-6-8-19/h4-12,15-16H,13-14H2,1-3H3,(H,28,29). The Hall–Kier alpha value is -3.52. The van der Waals surface area contributed by atoms with Gasteiger partial charge in [0, 0.05) is 34.5 Å². The van der Waals surface area contributed by atoms with Crippen LogP contribution in [0.3, 0.4) is 0 Å². The molecular weight excluding hydrogens is 442 g/mol. The number of carboxylic acids is 1. The topological polar surface area (TPSA) is 95.0 Å². The number of aliphatic carboxylic acids is 1. The number of methoxy groups -OCH3 is 1. The predicted molar refractivity (Wildman–Crippen MR) is 126 cm³/mol. The van der Waals surface area contributed by atoms with E-state index in [0.29, 0.717) is 23.8 Å². The predicted octanol–water partition coefficient (Wildman–Crippen LogP) is 4.73. The second-order valence-corrected chi connectivity index (χ2v) is 8.67. The molecule has 0 unspecified atom stereocenters. The molecule has 2 aromatic carbocycles. The molecule has 0 atom stereocenters. The fourth-order valence-electron chi connectivity index (χ4n) is 2.80. The maximum Gasteiger partial charge on any atom is 0.347 e. The Morgan fingerprint density at radius 3 is 2.45 bits per heavy atom. The highest BCUT2D eigenvalue weighted by Gasteiger charge is 2.31. The van der Waals surface area contributed by atoms with Crippen LogP contribution < -0.4 is 14.2 Å².